The van der Waals surface area contributed by atoms with E-state index in [9.17, 15) is 4.79 Å². The first-order valence-corrected chi connectivity index (χ1v) is 7.29. The van der Waals surface area contributed by atoms with Gasteiger partial charge in [0.1, 0.15) is 0 Å². The van der Waals surface area contributed by atoms with E-state index < -0.39 is 0 Å². The highest BCUT2D eigenvalue weighted by Crippen LogP contribution is 2.32. The maximum Gasteiger partial charge on any atom is 0.220 e. The fourth-order valence-electron chi connectivity index (χ4n) is 2.78. The van der Waals surface area contributed by atoms with Crippen molar-refractivity contribution >= 4 is 11.6 Å². The molecule has 0 fully saturated rings. The van der Waals surface area contributed by atoms with Crippen LogP contribution in [0.3, 0.4) is 0 Å². The average molecular weight is 284 g/mol. The number of aryl methyl sites for hydroxylation is 1. The summed E-state index contributed by atoms with van der Waals surface area (Å²) < 4.78 is 1.78. The number of para-hydroxylation sites is 1. The summed E-state index contributed by atoms with van der Waals surface area (Å²) in [5, 5.41) is 10.5. The molecule has 1 unspecified atom stereocenters. The van der Waals surface area contributed by atoms with E-state index in [-0.39, 0.29) is 11.8 Å². The van der Waals surface area contributed by atoms with Gasteiger partial charge in [0.05, 0.1) is 6.20 Å². The van der Waals surface area contributed by atoms with E-state index in [2.05, 4.69) is 27.9 Å². The first-order valence-electron chi connectivity index (χ1n) is 7.29. The first-order chi connectivity index (χ1) is 10.2. The quantitative estimate of drug-likeness (QED) is 0.878. The van der Waals surface area contributed by atoms with Gasteiger partial charge in [-0.15, -0.1) is 0 Å². The maximum atomic E-state index is 12.0. The van der Waals surface area contributed by atoms with Crippen LogP contribution in [0.25, 0.3) is 0 Å². The van der Waals surface area contributed by atoms with Crippen molar-refractivity contribution in [1.29, 1.82) is 0 Å². The van der Waals surface area contributed by atoms with E-state index in [0.717, 1.165) is 24.2 Å². The molecule has 1 aromatic carbocycles. The lowest BCUT2D eigenvalue weighted by Gasteiger charge is -2.10. The van der Waals surface area contributed by atoms with Gasteiger partial charge >= 0.3 is 0 Å². The highest BCUT2D eigenvalue weighted by molar-refractivity contribution is 5.78. The highest BCUT2D eigenvalue weighted by Gasteiger charge is 2.23. The molecule has 2 N–H and O–H groups in total. The van der Waals surface area contributed by atoms with Crippen LogP contribution in [0.15, 0.2) is 36.7 Å². The topological polar surface area (TPSA) is 59.0 Å². The van der Waals surface area contributed by atoms with Crippen molar-refractivity contribution in [2.45, 2.75) is 18.8 Å². The van der Waals surface area contributed by atoms with Crippen molar-refractivity contribution in [3.05, 3.63) is 47.8 Å². The van der Waals surface area contributed by atoms with Gasteiger partial charge in [-0.25, -0.2) is 0 Å². The number of benzene rings is 1. The molecule has 1 aliphatic heterocycles. The third-order valence-corrected chi connectivity index (χ3v) is 3.87. The summed E-state index contributed by atoms with van der Waals surface area (Å²) in [6.07, 6.45) is 5.17. The maximum absolute atomic E-state index is 12.0. The molecule has 1 amide bonds. The lowest BCUT2D eigenvalue weighted by molar-refractivity contribution is -0.121. The van der Waals surface area contributed by atoms with Crippen LogP contribution in [0.4, 0.5) is 5.69 Å². The minimum Gasteiger partial charge on any atom is -0.384 e. The Hall–Kier alpha value is -2.30. The molecule has 110 valence electrons. The van der Waals surface area contributed by atoms with E-state index in [1.807, 2.05) is 31.6 Å². The van der Waals surface area contributed by atoms with Crippen LogP contribution in [-0.4, -0.2) is 28.8 Å². The van der Waals surface area contributed by atoms with Gasteiger partial charge < -0.3 is 10.6 Å². The number of amides is 1. The molecule has 2 aromatic rings. The zero-order valence-electron chi connectivity index (χ0n) is 12.2. The van der Waals surface area contributed by atoms with Crippen LogP contribution in [0, 0.1) is 0 Å². The SMILES string of the molecule is Cn1cc(CCNC(=O)CC2CNc3ccccc32)cn1. The second-order valence-electron chi connectivity index (χ2n) is 5.49. The number of nitrogens with one attached hydrogen (secondary N) is 2. The molecule has 0 spiro atoms. The van der Waals surface area contributed by atoms with Crippen molar-refractivity contribution in [2.75, 3.05) is 18.4 Å². The van der Waals surface area contributed by atoms with Crippen LogP contribution < -0.4 is 10.6 Å². The predicted octanol–water partition coefficient (Wildman–Crippen LogP) is 1.68. The first kappa shape index (κ1) is 13.7. The van der Waals surface area contributed by atoms with Crippen LogP contribution in [0.2, 0.25) is 0 Å². The van der Waals surface area contributed by atoms with Crippen LogP contribution in [-0.2, 0) is 18.3 Å². The van der Waals surface area contributed by atoms with Crippen molar-refractivity contribution in [3.63, 3.8) is 0 Å². The molecule has 0 aliphatic carbocycles. The van der Waals surface area contributed by atoms with E-state index in [4.69, 9.17) is 0 Å². The Labute approximate surface area is 124 Å². The number of hydrogen-bond donors (Lipinski definition) is 2. The van der Waals surface area contributed by atoms with E-state index in [0.29, 0.717) is 13.0 Å². The fourth-order valence-corrected chi connectivity index (χ4v) is 2.78. The van der Waals surface area contributed by atoms with Crippen LogP contribution in [0.5, 0.6) is 0 Å². The molecule has 21 heavy (non-hydrogen) atoms. The molecule has 5 nitrogen and oxygen atoms in total. The Morgan fingerprint density at radius 3 is 3.14 bits per heavy atom. The Morgan fingerprint density at radius 2 is 2.33 bits per heavy atom. The van der Waals surface area contributed by atoms with Crippen molar-refractivity contribution in [3.8, 4) is 0 Å². The van der Waals surface area contributed by atoms with Gasteiger partial charge in [-0.1, -0.05) is 18.2 Å². The predicted molar refractivity (Wildman–Crippen MR) is 82.2 cm³/mol. The molecular weight excluding hydrogens is 264 g/mol. The Bertz CT molecular complexity index is 635. The van der Waals surface area contributed by atoms with Crippen molar-refractivity contribution in [2.24, 2.45) is 7.05 Å². The number of carbonyl (C=O) groups is 1. The monoisotopic (exact) mass is 284 g/mol. The molecule has 0 saturated carbocycles. The van der Waals surface area contributed by atoms with Gasteiger partial charge in [-0.2, -0.15) is 5.10 Å². The number of nitrogens with zero attached hydrogens (tertiary/aromatic N) is 2. The Morgan fingerprint density at radius 1 is 1.48 bits per heavy atom. The molecule has 3 rings (SSSR count). The minimum atomic E-state index is 0.113. The molecular formula is C16H20N4O. The average Bonchev–Trinajstić information content (AvgIpc) is 3.06. The van der Waals surface area contributed by atoms with Gasteiger partial charge in [-0.3, -0.25) is 9.48 Å². The Balaban J connectivity index is 1.47. The van der Waals surface area contributed by atoms with Crippen LogP contribution >= 0.6 is 0 Å². The molecule has 1 atom stereocenters. The van der Waals surface area contributed by atoms with Gasteiger partial charge in [0, 0.05) is 44.4 Å². The number of fused-ring (bicyclic) bond motifs is 1. The lowest BCUT2D eigenvalue weighted by atomic mass is 9.97. The number of rotatable bonds is 5. The normalized spacial score (nSPS) is 16.3. The third kappa shape index (κ3) is 3.24. The highest BCUT2D eigenvalue weighted by atomic mass is 16.1. The second kappa shape index (κ2) is 5.99. The van der Waals surface area contributed by atoms with Gasteiger partial charge in [0.25, 0.3) is 0 Å². The molecule has 0 saturated heterocycles. The second-order valence-corrected chi connectivity index (χ2v) is 5.49. The van der Waals surface area contributed by atoms with E-state index in [1.54, 1.807) is 4.68 Å². The summed E-state index contributed by atoms with van der Waals surface area (Å²) >= 11 is 0. The summed E-state index contributed by atoms with van der Waals surface area (Å²) in [5.41, 5.74) is 3.55. The molecule has 5 heteroatoms. The van der Waals surface area contributed by atoms with Crippen molar-refractivity contribution in [1.82, 2.24) is 15.1 Å². The molecule has 1 aliphatic rings. The number of anilines is 1. The van der Waals surface area contributed by atoms with Crippen LogP contribution in [0.1, 0.15) is 23.5 Å². The number of aromatic nitrogens is 2. The summed E-state index contributed by atoms with van der Waals surface area (Å²) in [7, 11) is 1.90. The molecule has 1 aromatic heterocycles. The standard InChI is InChI=1S/C16H20N4O/c1-20-11-12(9-19-20)6-7-17-16(21)8-13-10-18-15-5-3-2-4-14(13)15/h2-5,9,11,13,18H,6-8,10H2,1H3,(H,17,21). The summed E-state index contributed by atoms with van der Waals surface area (Å²) in [4.78, 5) is 12.0. The zero-order chi connectivity index (χ0) is 14.7. The Kier molecular flexibility index (Phi) is 3.90. The molecule has 0 bridgehead atoms. The number of hydrogen-bond acceptors (Lipinski definition) is 3. The molecule has 2 heterocycles. The third-order valence-electron chi connectivity index (χ3n) is 3.87. The van der Waals surface area contributed by atoms with Gasteiger partial charge in [0.15, 0.2) is 0 Å². The summed E-state index contributed by atoms with van der Waals surface area (Å²) in [6, 6.07) is 8.21. The minimum absolute atomic E-state index is 0.113. The summed E-state index contributed by atoms with van der Waals surface area (Å²) in [5.74, 6) is 0.391. The molecule has 0 radical (unpaired) electrons. The number of carbonyl (C=O) groups excluding carboxylic acids is 1. The van der Waals surface area contributed by atoms with Gasteiger partial charge in [0.2, 0.25) is 5.91 Å². The zero-order valence-corrected chi connectivity index (χ0v) is 12.2. The summed E-state index contributed by atoms with van der Waals surface area (Å²) in [6.45, 7) is 1.50. The lowest BCUT2D eigenvalue weighted by Crippen LogP contribution is -2.27. The smallest absolute Gasteiger partial charge is 0.220 e. The van der Waals surface area contributed by atoms with E-state index in [1.165, 1.54) is 5.56 Å². The fraction of sp³-hybridized carbons (Fsp3) is 0.375. The van der Waals surface area contributed by atoms with Crippen molar-refractivity contribution < 1.29 is 4.79 Å². The van der Waals surface area contributed by atoms with E-state index >= 15 is 0 Å². The largest absolute Gasteiger partial charge is 0.384 e. The van der Waals surface area contributed by atoms with Gasteiger partial charge in [-0.05, 0) is 23.6 Å².